The zero-order valence-corrected chi connectivity index (χ0v) is 11.7. The third-order valence-corrected chi connectivity index (χ3v) is 3.60. The van der Waals surface area contributed by atoms with Gasteiger partial charge in [-0.25, -0.2) is 4.68 Å². The monoisotopic (exact) mass is 272 g/mol. The number of nitrogens with one attached hydrogen (secondary N) is 1. The molecule has 0 radical (unpaired) electrons. The van der Waals surface area contributed by atoms with E-state index in [1.165, 1.54) is 5.56 Å². The van der Waals surface area contributed by atoms with Gasteiger partial charge in [0.15, 0.2) is 5.82 Å². The summed E-state index contributed by atoms with van der Waals surface area (Å²) in [4.78, 5) is 2.40. The highest BCUT2D eigenvalue weighted by Gasteiger charge is 2.18. The molecule has 1 aromatic heterocycles. The van der Waals surface area contributed by atoms with Gasteiger partial charge in [0.1, 0.15) is 0 Å². The third-order valence-electron chi connectivity index (χ3n) is 3.60. The number of nitrogens with zero attached hydrogens (tertiary/aromatic N) is 5. The molecule has 6 heteroatoms. The van der Waals surface area contributed by atoms with Crippen molar-refractivity contribution in [2.45, 2.75) is 26.1 Å². The molecule has 0 unspecified atom stereocenters. The molecule has 0 saturated carbocycles. The summed E-state index contributed by atoms with van der Waals surface area (Å²) in [6.07, 6.45) is 0. The number of piperazine rings is 1. The van der Waals surface area contributed by atoms with Gasteiger partial charge in [0, 0.05) is 25.7 Å². The molecule has 20 heavy (non-hydrogen) atoms. The van der Waals surface area contributed by atoms with Crippen molar-refractivity contribution in [2.75, 3.05) is 19.6 Å². The van der Waals surface area contributed by atoms with Crippen molar-refractivity contribution in [3.63, 3.8) is 0 Å². The van der Waals surface area contributed by atoms with E-state index < -0.39 is 0 Å². The lowest BCUT2D eigenvalue weighted by Crippen LogP contribution is -2.48. The quantitative estimate of drug-likeness (QED) is 0.879. The van der Waals surface area contributed by atoms with Crippen LogP contribution in [0.2, 0.25) is 0 Å². The average Bonchev–Trinajstić information content (AvgIpc) is 2.87. The minimum absolute atomic E-state index is 0.530. The molecular formula is C14H20N6. The maximum Gasteiger partial charge on any atom is 0.165 e. The molecule has 0 aliphatic carbocycles. The van der Waals surface area contributed by atoms with Gasteiger partial charge in [0.25, 0.3) is 0 Å². The van der Waals surface area contributed by atoms with E-state index in [2.05, 4.69) is 44.8 Å². The van der Waals surface area contributed by atoms with Crippen molar-refractivity contribution in [1.82, 2.24) is 30.4 Å². The van der Waals surface area contributed by atoms with Gasteiger partial charge < -0.3 is 5.32 Å². The standard InChI is InChI=1S/C14H20N6/c1-12-9-19(8-7-15-12)11-14-16-17-18-20(14)10-13-5-3-2-4-6-13/h2-6,12,15H,7-11H2,1H3/t12-/m0/s1. The van der Waals surface area contributed by atoms with E-state index in [1.54, 1.807) is 0 Å². The smallest absolute Gasteiger partial charge is 0.165 e. The second-order valence-corrected chi connectivity index (χ2v) is 5.33. The Morgan fingerprint density at radius 3 is 2.90 bits per heavy atom. The van der Waals surface area contributed by atoms with Crippen molar-refractivity contribution in [3.05, 3.63) is 41.7 Å². The van der Waals surface area contributed by atoms with E-state index in [0.717, 1.165) is 38.5 Å². The van der Waals surface area contributed by atoms with Crippen LogP contribution < -0.4 is 5.32 Å². The highest BCUT2D eigenvalue weighted by molar-refractivity contribution is 5.14. The van der Waals surface area contributed by atoms with Crippen molar-refractivity contribution in [3.8, 4) is 0 Å². The predicted octanol–water partition coefficient (Wildman–Crippen LogP) is 0.515. The summed E-state index contributed by atoms with van der Waals surface area (Å²) in [6.45, 7) is 6.86. The topological polar surface area (TPSA) is 58.9 Å². The second-order valence-electron chi connectivity index (χ2n) is 5.33. The van der Waals surface area contributed by atoms with Crippen LogP contribution in [-0.4, -0.2) is 50.8 Å². The van der Waals surface area contributed by atoms with Crippen LogP contribution in [0.3, 0.4) is 0 Å². The highest BCUT2D eigenvalue weighted by atomic mass is 15.5. The summed E-state index contributed by atoms with van der Waals surface area (Å²) in [5.74, 6) is 0.933. The van der Waals surface area contributed by atoms with E-state index in [-0.39, 0.29) is 0 Å². The number of benzene rings is 1. The van der Waals surface area contributed by atoms with Crippen molar-refractivity contribution < 1.29 is 0 Å². The minimum Gasteiger partial charge on any atom is -0.312 e. The first kappa shape index (κ1) is 13.2. The van der Waals surface area contributed by atoms with E-state index in [9.17, 15) is 0 Å². The number of hydrogen-bond donors (Lipinski definition) is 1. The number of hydrogen-bond acceptors (Lipinski definition) is 5. The molecule has 6 nitrogen and oxygen atoms in total. The Balaban J connectivity index is 1.67. The van der Waals surface area contributed by atoms with Gasteiger partial charge in [0.05, 0.1) is 13.1 Å². The Hall–Kier alpha value is -1.79. The molecule has 1 aliphatic rings. The number of aromatic nitrogens is 4. The lowest BCUT2D eigenvalue weighted by molar-refractivity contribution is 0.192. The SMILES string of the molecule is C[C@H]1CN(Cc2nnnn2Cc2ccccc2)CCN1. The lowest BCUT2D eigenvalue weighted by Gasteiger charge is -2.31. The van der Waals surface area contributed by atoms with Crippen LogP contribution in [0, 0.1) is 0 Å². The third kappa shape index (κ3) is 3.20. The van der Waals surface area contributed by atoms with E-state index in [1.807, 2.05) is 22.9 Å². The van der Waals surface area contributed by atoms with E-state index in [4.69, 9.17) is 0 Å². The predicted molar refractivity (Wildman–Crippen MR) is 76.1 cm³/mol. The second kappa shape index (κ2) is 6.11. The van der Waals surface area contributed by atoms with Crippen molar-refractivity contribution >= 4 is 0 Å². The number of rotatable bonds is 4. The van der Waals surface area contributed by atoms with Gasteiger partial charge in [-0.15, -0.1) is 5.10 Å². The van der Waals surface area contributed by atoms with Gasteiger partial charge >= 0.3 is 0 Å². The van der Waals surface area contributed by atoms with Crippen LogP contribution >= 0.6 is 0 Å². The Bertz CT molecular complexity index is 538. The van der Waals surface area contributed by atoms with Gasteiger partial charge in [-0.2, -0.15) is 0 Å². The maximum absolute atomic E-state index is 4.17. The number of tetrazole rings is 1. The summed E-state index contributed by atoms with van der Waals surface area (Å²) in [6, 6.07) is 10.8. The van der Waals surface area contributed by atoms with Gasteiger partial charge in [-0.3, -0.25) is 4.90 Å². The fraction of sp³-hybridized carbons (Fsp3) is 0.500. The summed E-state index contributed by atoms with van der Waals surface area (Å²) >= 11 is 0. The molecule has 1 N–H and O–H groups in total. The van der Waals surface area contributed by atoms with Gasteiger partial charge in [-0.1, -0.05) is 30.3 Å². The molecule has 1 aliphatic heterocycles. The first-order chi connectivity index (χ1) is 9.81. The normalized spacial score (nSPS) is 20.1. The molecule has 0 bridgehead atoms. The zero-order chi connectivity index (χ0) is 13.8. The van der Waals surface area contributed by atoms with Gasteiger partial charge in [-0.05, 0) is 22.9 Å². The first-order valence-corrected chi connectivity index (χ1v) is 7.06. The largest absolute Gasteiger partial charge is 0.312 e. The molecule has 1 aromatic carbocycles. The van der Waals surface area contributed by atoms with Crippen LogP contribution in [0.5, 0.6) is 0 Å². The van der Waals surface area contributed by atoms with E-state index >= 15 is 0 Å². The summed E-state index contributed by atoms with van der Waals surface area (Å²) in [5, 5.41) is 15.5. The fourth-order valence-electron chi connectivity index (χ4n) is 2.57. The molecule has 0 spiro atoms. The molecule has 1 fully saturated rings. The Kier molecular flexibility index (Phi) is 4.03. The molecule has 0 amide bonds. The Labute approximate surface area is 118 Å². The zero-order valence-electron chi connectivity index (χ0n) is 11.7. The molecule has 3 rings (SSSR count). The molecular weight excluding hydrogens is 252 g/mol. The van der Waals surface area contributed by atoms with Crippen LogP contribution in [0.15, 0.2) is 30.3 Å². The van der Waals surface area contributed by atoms with Crippen molar-refractivity contribution in [2.24, 2.45) is 0 Å². The average molecular weight is 272 g/mol. The summed E-state index contributed by atoms with van der Waals surface area (Å²) < 4.78 is 1.89. The van der Waals surface area contributed by atoms with Crippen LogP contribution in [0.1, 0.15) is 18.3 Å². The van der Waals surface area contributed by atoms with Crippen LogP contribution in [0.25, 0.3) is 0 Å². The Morgan fingerprint density at radius 1 is 1.25 bits per heavy atom. The minimum atomic E-state index is 0.530. The van der Waals surface area contributed by atoms with Crippen molar-refractivity contribution in [1.29, 1.82) is 0 Å². The lowest BCUT2D eigenvalue weighted by atomic mass is 10.2. The van der Waals surface area contributed by atoms with Crippen LogP contribution in [0.4, 0.5) is 0 Å². The maximum atomic E-state index is 4.17. The molecule has 2 heterocycles. The Morgan fingerprint density at radius 2 is 2.10 bits per heavy atom. The van der Waals surface area contributed by atoms with Gasteiger partial charge in [0.2, 0.25) is 0 Å². The first-order valence-electron chi connectivity index (χ1n) is 7.06. The van der Waals surface area contributed by atoms with Crippen LogP contribution in [-0.2, 0) is 13.1 Å². The summed E-state index contributed by atoms with van der Waals surface area (Å²) in [7, 11) is 0. The van der Waals surface area contributed by atoms with E-state index in [0.29, 0.717) is 6.04 Å². The molecule has 2 aromatic rings. The fourth-order valence-corrected chi connectivity index (χ4v) is 2.57. The molecule has 1 atom stereocenters. The molecule has 1 saturated heterocycles. The molecule has 106 valence electrons. The highest BCUT2D eigenvalue weighted by Crippen LogP contribution is 2.07. The summed E-state index contributed by atoms with van der Waals surface area (Å²) in [5.41, 5.74) is 1.22.